The Kier molecular flexibility index (Phi) is 3.85. The van der Waals surface area contributed by atoms with Gasteiger partial charge < -0.3 is 14.7 Å². The van der Waals surface area contributed by atoms with E-state index in [2.05, 4.69) is 6.58 Å². The molecule has 0 saturated carbocycles. The van der Waals surface area contributed by atoms with Crippen LogP contribution in [0, 0.1) is 0 Å². The van der Waals surface area contributed by atoms with Crippen LogP contribution in [-0.2, 0) is 9.59 Å². The highest BCUT2D eigenvalue weighted by molar-refractivity contribution is 6.00. The standard InChI is InChI=1S/C14H15NO4/c1-2-9-15-10-5-3-4-6-11(10)19-12(14(15)18)7-8-13(16)17/h2-6,12H,1,7-9H2,(H,16,17). The summed E-state index contributed by atoms with van der Waals surface area (Å²) < 4.78 is 5.58. The number of hydrogen-bond donors (Lipinski definition) is 1. The molecule has 0 bridgehead atoms. The smallest absolute Gasteiger partial charge is 0.303 e. The topological polar surface area (TPSA) is 66.8 Å². The van der Waals surface area contributed by atoms with Crippen molar-refractivity contribution in [1.82, 2.24) is 0 Å². The van der Waals surface area contributed by atoms with Gasteiger partial charge in [0.1, 0.15) is 5.75 Å². The normalized spacial score (nSPS) is 17.6. The van der Waals surface area contributed by atoms with Gasteiger partial charge in [0.2, 0.25) is 0 Å². The molecule has 0 aromatic heterocycles. The Morgan fingerprint density at radius 1 is 1.47 bits per heavy atom. The van der Waals surface area contributed by atoms with Crippen LogP contribution >= 0.6 is 0 Å². The van der Waals surface area contributed by atoms with E-state index in [-0.39, 0.29) is 18.7 Å². The van der Waals surface area contributed by atoms with E-state index in [9.17, 15) is 9.59 Å². The van der Waals surface area contributed by atoms with Crippen molar-refractivity contribution >= 4 is 17.6 Å². The van der Waals surface area contributed by atoms with Gasteiger partial charge in [0, 0.05) is 19.4 Å². The molecule has 2 rings (SSSR count). The highest BCUT2D eigenvalue weighted by Gasteiger charge is 2.33. The lowest BCUT2D eigenvalue weighted by Crippen LogP contribution is -2.46. The largest absolute Gasteiger partial charge is 0.481 e. The molecule has 1 heterocycles. The van der Waals surface area contributed by atoms with Crippen molar-refractivity contribution in [2.45, 2.75) is 18.9 Å². The summed E-state index contributed by atoms with van der Waals surface area (Å²) in [6, 6.07) is 7.20. The predicted octanol–water partition coefficient (Wildman–Crippen LogP) is 1.83. The second kappa shape index (κ2) is 5.56. The maximum atomic E-state index is 12.3. The zero-order valence-electron chi connectivity index (χ0n) is 10.4. The minimum Gasteiger partial charge on any atom is -0.481 e. The number of amides is 1. The molecular formula is C14H15NO4. The number of nitrogens with zero attached hydrogens (tertiary/aromatic N) is 1. The minimum absolute atomic E-state index is 0.0967. The molecule has 0 radical (unpaired) electrons. The number of anilines is 1. The number of carbonyl (C=O) groups is 2. The fraction of sp³-hybridized carbons (Fsp3) is 0.286. The van der Waals surface area contributed by atoms with E-state index in [1.165, 1.54) is 0 Å². The van der Waals surface area contributed by atoms with E-state index in [1.54, 1.807) is 23.1 Å². The third kappa shape index (κ3) is 2.76. The minimum atomic E-state index is -0.939. The molecule has 0 spiro atoms. The molecule has 1 aromatic rings. The number of para-hydroxylation sites is 2. The predicted molar refractivity (Wildman–Crippen MR) is 70.3 cm³/mol. The van der Waals surface area contributed by atoms with Gasteiger partial charge in [-0.1, -0.05) is 18.2 Å². The Hall–Kier alpha value is -2.30. The van der Waals surface area contributed by atoms with Crippen LogP contribution in [0.4, 0.5) is 5.69 Å². The summed E-state index contributed by atoms with van der Waals surface area (Å²) in [7, 11) is 0. The van der Waals surface area contributed by atoms with Crippen LogP contribution in [0.3, 0.4) is 0 Å². The molecule has 1 aliphatic rings. The van der Waals surface area contributed by atoms with Gasteiger partial charge in [-0.15, -0.1) is 6.58 Å². The van der Waals surface area contributed by atoms with Gasteiger partial charge in [0.25, 0.3) is 5.91 Å². The zero-order chi connectivity index (χ0) is 13.8. The molecule has 1 aromatic carbocycles. The first-order valence-corrected chi connectivity index (χ1v) is 6.03. The lowest BCUT2D eigenvalue weighted by Gasteiger charge is -2.33. The van der Waals surface area contributed by atoms with Gasteiger partial charge in [0.15, 0.2) is 6.10 Å². The zero-order valence-corrected chi connectivity index (χ0v) is 10.4. The molecule has 100 valence electrons. The molecule has 0 aliphatic carbocycles. The van der Waals surface area contributed by atoms with Crippen LogP contribution in [0.5, 0.6) is 5.75 Å². The van der Waals surface area contributed by atoms with E-state index in [0.29, 0.717) is 18.0 Å². The van der Waals surface area contributed by atoms with Gasteiger partial charge in [-0.2, -0.15) is 0 Å². The summed E-state index contributed by atoms with van der Waals surface area (Å²) >= 11 is 0. The molecule has 1 atom stereocenters. The van der Waals surface area contributed by atoms with Crippen molar-refractivity contribution in [2.75, 3.05) is 11.4 Å². The van der Waals surface area contributed by atoms with E-state index < -0.39 is 12.1 Å². The lowest BCUT2D eigenvalue weighted by molar-refractivity contribution is -0.138. The third-order valence-electron chi connectivity index (χ3n) is 2.90. The number of carboxylic acids is 1. The quantitative estimate of drug-likeness (QED) is 0.821. The van der Waals surface area contributed by atoms with Gasteiger partial charge in [-0.05, 0) is 12.1 Å². The van der Waals surface area contributed by atoms with E-state index >= 15 is 0 Å². The highest BCUT2D eigenvalue weighted by Crippen LogP contribution is 2.34. The second-order valence-electron chi connectivity index (χ2n) is 4.24. The molecule has 0 fully saturated rings. The van der Waals surface area contributed by atoms with Crippen molar-refractivity contribution in [2.24, 2.45) is 0 Å². The average molecular weight is 261 g/mol. The number of rotatable bonds is 5. The Bertz CT molecular complexity index is 512. The van der Waals surface area contributed by atoms with Crippen LogP contribution in [0.25, 0.3) is 0 Å². The number of fused-ring (bicyclic) bond motifs is 1. The van der Waals surface area contributed by atoms with Crippen LogP contribution in [0.1, 0.15) is 12.8 Å². The first-order valence-electron chi connectivity index (χ1n) is 6.03. The molecular weight excluding hydrogens is 246 g/mol. The Labute approximate surface area is 111 Å². The van der Waals surface area contributed by atoms with Crippen molar-refractivity contribution in [3.05, 3.63) is 36.9 Å². The summed E-state index contributed by atoms with van der Waals surface area (Å²) in [4.78, 5) is 24.4. The molecule has 1 aliphatic heterocycles. The molecule has 5 nitrogen and oxygen atoms in total. The monoisotopic (exact) mass is 261 g/mol. The number of ether oxygens (including phenoxy) is 1. The molecule has 19 heavy (non-hydrogen) atoms. The summed E-state index contributed by atoms with van der Waals surface area (Å²) in [5.74, 6) is -0.565. The molecule has 0 saturated heterocycles. The van der Waals surface area contributed by atoms with E-state index in [4.69, 9.17) is 9.84 Å². The van der Waals surface area contributed by atoms with Gasteiger partial charge >= 0.3 is 5.97 Å². The van der Waals surface area contributed by atoms with Crippen molar-refractivity contribution in [3.8, 4) is 5.75 Å². The molecule has 1 unspecified atom stereocenters. The summed E-state index contributed by atoms with van der Waals surface area (Å²) in [5.41, 5.74) is 0.693. The molecule has 5 heteroatoms. The molecule has 1 amide bonds. The second-order valence-corrected chi connectivity index (χ2v) is 4.24. The average Bonchev–Trinajstić information content (AvgIpc) is 2.40. The number of carbonyl (C=O) groups excluding carboxylic acids is 1. The first-order chi connectivity index (χ1) is 9.13. The Morgan fingerprint density at radius 2 is 2.21 bits per heavy atom. The van der Waals surface area contributed by atoms with E-state index in [1.807, 2.05) is 12.1 Å². The fourth-order valence-electron chi connectivity index (χ4n) is 2.03. The number of benzene rings is 1. The van der Waals surface area contributed by atoms with Crippen LogP contribution in [-0.4, -0.2) is 29.6 Å². The number of aliphatic carboxylic acids is 1. The van der Waals surface area contributed by atoms with Crippen LogP contribution < -0.4 is 9.64 Å². The lowest BCUT2D eigenvalue weighted by atomic mass is 10.1. The first kappa shape index (κ1) is 13.1. The van der Waals surface area contributed by atoms with Gasteiger partial charge in [-0.3, -0.25) is 9.59 Å². The SMILES string of the molecule is C=CCN1C(=O)C(CCC(=O)O)Oc2ccccc21. The van der Waals surface area contributed by atoms with Crippen LogP contribution in [0.2, 0.25) is 0 Å². The third-order valence-corrected chi connectivity index (χ3v) is 2.90. The maximum Gasteiger partial charge on any atom is 0.303 e. The van der Waals surface area contributed by atoms with Gasteiger partial charge in [0.05, 0.1) is 5.69 Å². The summed E-state index contributed by atoms with van der Waals surface area (Å²) in [6.07, 6.45) is 0.955. The fourth-order valence-corrected chi connectivity index (χ4v) is 2.03. The van der Waals surface area contributed by atoms with Crippen LogP contribution in [0.15, 0.2) is 36.9 Å². The summed E-state index contributed by atoms with van der Waals surface area (Å²) in [5, 5.41) is 8.70. The summed E-state index contributed by atoms with van der Waals surface area (Å²) in [6.45, 7) is 4.01. The van der Waals surface area contributed by atoms with E-state index in [0.717, 1.165) is 0 Å². The Morgan fingerprint density at radius 3 is 2.89 bits per heavy atom. The maximum absolute atomic E-state index is 12.3. The Balaban J connectivity index is 2.25. The van der Waals surface area contributed by atoms with Crippen molar-refractivity contribution < 1.29 is 19.4 Å². The number of carboxylic acid groups (broad SMARTS) is 1. The molecule has 1 N–H and O–H groups in total. The number of hydrogen-bond acceptors (Lipinski definition) is 3. The van der Waals surface area contributed by atoms with Gasteiger partial charge in [-0.25, -0.2) is 0 Å². The van der Waals surface area contributed by atoms with Crippen molar-refractivity contribution in [3.63, 3.8) is 0 Å². The highest BCUT2D eigenvalue weighted by atomic mass is 16.5. The van der Waals surface area contributed by atoms with Crippen molar-refractivity contribution in [1.29, 1.82) is 0 Å².